The summed E-state index contributed by atoms with van der Waals surface area (Å²) in [5, 5.41) is 14.2. The van der Waals surface area contributed by atoms with Gasteiger partial charge in [-0.1, -0.05) is 49.2 Å². The molecule has 1 amide bonds. The van der Waals surface area contributed by atoms with Gasteiger partial charge < -0.3 is 19.9 Å². The summed E-state index contributed by atoms with van der Waals surface area (Å²) in [6.45, 7) is 13.4. The van der Waals surface area contributed by atoms with Gasteiger partial charge in [0.2, 0.25) is 10.0 Å². The van der Waals surface area contributed by atoms with Crippen LogP contribution in [0, 0.1) is 5.92 Å². The minimum Gasteiger partial charge on any atom is -0.497 e. The fraction of sp³-hybridized carbons (Fsp3) is 0.531. The summed E-state index contributed by atoms with van der Waals surface area (Å²) >= 11 is 0. The predicted molar refractivity (Wildman–Crippen MR) is 164 cm³/mol. The van der Waals surface area contributed by atoms with Crippen LogP contribution in [0.1, 0.15) is 65.9 Å². The number of nitrogens with one attached hydrogen (secondary N) is 1. The van der Waals surface area contributed by atoms with Gasteiger partial charge in [0.05, 0.1) is 24.2 Å². The Morgan fingerprint density at radius 1 is 1.07 bits per heavy atom. The standard InChI is InChI=1S/C32H48N2O6S/c1-24(2)12-11-13-25(3)20-21-34(41(37,38)28-18-16-27(39-7)17-19-28)23-30(35)29(22-26-14-9-8-10-15-26)33-31(36)40-32(4,5)6/h8-10,14-19,25,29-30,35H,1,11-13,20-23H2,2-7H3,(H,33,36)/t25?,29-,30+/m0/s1. The molecule has 0 aliphatic carbocycles. The average Bonchev–Trinajstić information content (AvgIpc) is 2.89. The molecule has 0 saturated carbocycles. The Hall–Kier alpha value is -2.88. The molecule has 0 heterocycles. The summed E-state index contributed by atoms with van der Waals surface area (Å²) in [5.74, 6) is 0.825. The maximum atomic E-state index is 13.8. The lowest BCUT2D eigenvalue weighted by Crippen LogP contribution is -2.51. The van der Waals surface area contributed by atoms with E-state index in [0.29, 0.717) is 18.6 Å². The number of ether oxygens (including phenoxy) is 2. The van der Waals surface area contributed by atoms with Gasteiger partial charge in [-0.15, -0.1) is 6.58 Å². The number of aliphatic hydroxyl groups is 1. The fourth-order valence-corrected chi connectivity index (χ4v) is 5.89. The second kappa shape index (κ2) is 15.9. The second-order valence-electron chi connectivity index (χ2n) is 11.8. The number of rotatable bonds is 16. The topological polar surface area (TPSA) is 105 Å². The number of carbonyl (C=O) groups is 1. The first-order valence-corrected chi connectivity index (χ1v) is 15.7. The highest BCUT2D eigenvalue weighted by molar-refractivity contribution is 7.89. The van der Waals surface area contributed by atoms with Crippen LogP contribution < -0.4 is 10.1 Å². The first kappa shape index (κ1) is 34.3. The molecule has 228 valence electrons. The predicted octanol–water partition coefficient (Wildman–Crippen LogP) is 5.96. The van der Waals surface area contributed by atoms with Crippen LogP contribution in [-0.2, 0) is 21.2 Å². The Morgan fingerprint density at radius 2 is 1.71 bits per heavy atom. The number of nitrogens with zero attached hydrogens (tertiary/aromatic N) is 1. The summed E-state index contributed by atoms with van der Waals surface area (Å²) in [6.07, 6.45) is 1.93. The zero-order valence-corrected chi connectivity index (χ0v) is 26.2. The van der Waals surface area contributed by atoms with Crippen LogP contribution in [0.25, 0.3) is 0 Å². The molecule has 0 aromatic heterocycles. The molecular formula is C32H48N2O6S. The van der Waals surface area contributed by atoms with E-state index in [0.717, 1.165) is 30.4 Å². The van der Waals surface area contributed by atoms with Crippen LogP contribution in [0.3, 0.4) is 0 Å². The van der Waals surface area contributed by atoms with E-state index < -0.39 is 33.9 Å². The minimum atomic E-state index is -3.95. The monoisotopic (exact) mass is 588 g/mol. The van der Waals surface area contributed by atoms with E-state index in [2.05, 4.69) is 18.8 Å². The first-order valence-electron chi connectivity index (χ1n) is 14.2. The molecule has 9 heteroatoms. The molecule has 0 fully saturated rings. The van der Waals surface area contributed by atoms with Crippen LogP contribution >= 0.6 is 0 Å². The van der Waals surface area contributed by atoms with Gasteiger partial charge in [-0.2, -0.15) is 4.31 Å². The van der Waals surface area contributed by atoms with Gasteiger partial charge >= 0.3 is 6.09 Å². The lowest BCUT2D eigenvalue weighted by molar-refractivity contribution is 0.0401. The molecule has 0 radical (unpaired) electrons. The van der Waals surface area contributed by atoms with Gasteiger partial charge in [-0.05, 0) is 89.1 Å². The Kier molecular flexibility index (Phi) is 13.3. The molecule has 41 heavy (non-hydrogen) atoms. The van der Waals surface area contributed by atoms with Gasteiger partial charge in [0.1, 0.15) is 11.4 Å². The number of sulfonamides is 1. The minimum absolute atomic E-state index is 0.111. The van der Waals surface area contributed by atoms with Crippen LogP contribution in [0.15, 0.2) is 71.6 Å². The number of hydrogen-bond acceptors (Lipinski definition) is 6. The molecule has 2 rings (SSSR count). The molecule has 0 spiro atoms. The van der Waals surface area contributed by atoms with Crippen LogP contribution in [0.2, 0.25) is 0 Å². The lowest BCUT2D eigenvalue weighted by Gasteiger charge is -2.31. The molecule has 2 aromatic rings. The van der Waals surface area contributed by atoms with Crippen molar-refractivity contribution < 1.29 is 27.8 Å². The summed E-state index contributed by atoms with van der Waals surface area (Å²) in [4.78, 5) is 12.8. The van der Waals surface area contributed by atoms with Crippen LogP contribution in [0.5, 0.6) is 5.75 Å². The van der Waals surface area contributed by atoms with Crippen molar-refractivity contribution >= 4 is 16.1 Å². The molecule has 8 nitrogen and oxygen atoms in total. The van der Waals surface area contributed by atoms with E-state index in [9.17, 15) is 18.3 Å². The smallest absolute Gasteiger partial charge is 0.407 e. The van der Waals surface area contributed by atoms with Crippen LogP contribution in [-0.4, -0.2) is 61.9 Å². The van der Waals surface area contributed by atoms with Crippen molar-refractivity contribution in [2.75, 3.05) is 20.2 Å². The van der Waals surface area contributed by atoms with Crippen molar-refractivity contribution in [3.63, 3.8) is 0 Å². The maximum absolute atomic E-state index is 13.8. The van der Waals surface area contributed by atoms with E-state index in [1.165, 1.54) is 23.5 Å². The van der Waals surface area contributed by atoms with Crippen molar-refractivity contribution in [3.8, 4) is 5.75 Å². The van der Waals surface area contributed by atoms with E-state index in [4.69, 9.17) is 9.47 Å². The Balaban J connectivity index is 2.31. The average molecular weight is 589 g/mol. The van der Waals surface area contributed by atoms with Crippen LogP contribution in [0.4, 0.5) is 4.79 Å². The molecule has 0 saturated heterocycles. The summed E-state index contributed by atoms with van der Waals surface area (Å²) in [6, 6.07) is 14.9. The number of benzene rings is 2. The van der Waals surface area contributed by atoms with Crippen molar-refractivity contribution in [2.45, 2.75) is 89.4 Å². The number of allylic oxidation sites excluding steroid dienone is 1. The van der Waals surface area contributed by atoms with E-state index >= 15 is 0 Å². The number of aliphatic hydroxyl groups excluding tert-OH is 1. The first-order chi connectivity index (χ1) is 19.2. The van der Waals surface area contributed by atoms with Crippen molar-refractivity contribution in [1.82, 2.24) is 9.62 Å². The molecule has 1 unspecified atom stereocenters. The third-order valence-corrected chi connectivity index (χ3v) is 8.60. The lowest BCUT2D eigenvalue weighted by atomic mass is 9.98. The molecule has 0 bridgehead atoms. The molecule has 0 aliphatic heterocycles. The molecule has 2 aromatic carbocycles. The number of methoxy groups -OCH3 is 1. The third kappa shape index (κ3) is 12.3. The number of alkyl carbamates (subject to hydrolysis) is 1. The Bertz CT molecular complexity index is 1190. The SMILES string of the molecule is C=C(C)CCCC(C)CCN(C[C@@H](O)[C@H](Cc1ccccc1)NC(=O)OC(C)(C)C)S(=O)(=O)c1ccc(OC)cc1. The van der Waals surface area contributed by atoms with Crippen molar-refractivity contribution in [3.05, 3.63) is 72.3 Å². The molecular weight excluding hydrogens is 540 g/mol. The van der Waals surface area contributed by atoms with Gasteiger partial charge in [0.15, 0.2) is 0 Å². The number of carbonyl (C=O) groups excluding carboxylic acids is 1. The Labute approximate surface area is 246 Å². The van der Waals surface area contributed by atoms with E-state index in [-0.39, 0.29) is 23.9 Å². The largest absolute Gasteiger partial charge is 0.497 e. The fourth-order valence-electron chi connectivity index (χ4n) is 4.41. The van der Waals surface area contributed by atoms with Gasteiger partial charge in [0.25, 0.3) is 0 Å². The quantitative estimate of drug-likeness (QED) is 0.235. The van der Waals surface area contributed by atoms with E-state index in [1.54, 1.807) is 32.9 Å². The Morgan fingerprint density at radius 3 is 2.27 bits per heavy atom. The summed E-state index contributed by atoms with van der Waals surface area (Å²) < 4.78 is 39.6. The molecule has 3 atom stereocenters. The number of hydrogen-bond donors (Lipinski definition) is 2. The second-order valence-corrected chi connectivity index (χ2v) is 13.7. The number of amides is 1. The van der Waals surface area contributed by atoms with Gasteiger partial charge in [-0.3, -0.25) is 0 Å². The summed E-state index contributed by atoms with van der Waals surface area (Å²) in [5.41, 5.74) is 1.30. The zero-order valence-electron chi connectivity index (χ0n) is 25.4. The maximum Gasteiger partial charge on any atom is 0.407 e. The third-order valence-electron chi connectivity index (χ3n) is 6.72. The van der Waals surface area contributed by atoms with Gasteiger partial charge in [0, 0.05) is 13.1 Å². The van der Waals surface area contributed by atoms with Gasteiger partial charge in [-0.25, -0.2) is 13.2 Å². The highest BCUT2D eigenvalue weighted by atomic mass is 32.2. The van der Waals surface area contributed by atoms with Crippen molar-refractivity contribution in [2.24, 2.45) is 5.92 Å². The summed E-state index contributed by atoms with van der Waals surface area (Å²) in [7, 11) is -2.43. The van der Waals surface area contributed by atoms with E-state index in [1.807, 2.05) is 37.3 Å². The normalized spacial score (nSPS) is 14.2. The zero-order chi connectivity index (χ0) is 30.6. The molecule has 0 aliphatic rings. The molecule has 2 N–H and O–H groups in total. The highest BCUT2D eigenvalue weighted by Crippen LogP contribution is 2.23. The highest BCUT2D eigenvalue weighted by Gasteiger charge is 2.32. The van der Waals surface area contributed by atoms with Crippen molar-refractivity contribution in [1.29, 1.82) is 0 Å².